The zero-order valence-electron chi connectivity index (χ0n) is 14.0. The second-order valence-corrected chi connectivity index (χ2v) is 8.10. The Labute approximate surface area is 157 Å². The topological polar surface area (TPSA) is 130 Å². The van der Waals surface area contributed by atoms with Gasteiger partial charge in [-0.2, -0.15) is 0 Å². The number of thioether (sulfide) groups is 1. The number of fused-ring (bicyclic) bond motifs is 1. The van der Waals surface area contributed by atoms with Crippen LogP contribution in [-0.2, 0) is 19.1 Å². The molecule has 140 valence electrons. The number of β-lactam (4-membered cyclic amide) rings is 1. The van der Waals surface area contributed by atoms with Crippen molar-refractivity contribution >= 4 is 40.9 Å². The van der Waals surface area contributed by atoms with E-state index in [0.717, 1.165) is 0 Å². The van der Waals surface area contributed by atoms with Crippen LogP contribution in [0.2, 0.25) is 0 Å². The van der Waals surface area contributed by atoms with Gasteiger partial charge >= 0.3 is 11.9 Å². The third-order valence-electron chi connectivity index (χ3n) is 4.47. The van der Waals surface area contributed by atoms with Crippen LogP contribution in [0, 0.1) is 11.8 Å². The number of esters is 1. The summed E-state index contributed by atoms with van der Waals surface area (Å²) in [6.07, 6.45) is -0.922. The Hall–Kier alpha value is -1.98. The van der Waals surface area contributed by atoms with Crippen LogP contribution in [-0.4, -0.2) is 67.7 Å². The van der Waals surface area contributed by atoms with Gasteiger partial charge in [0.2, 0.25) is 5.91 Å². The largest absolute Gasteiger partial charge is 0.477 e. The van der Waals surface area contributed by atoms with E-state index in [9.17, 15) is 24.6 Å². The number of carboxylic acids is 1. The predicted octanol–water partition coefficient (Wildman–Crippen LogP) is 0.370. The highest BCUT2D eigenvalue weighted by Gasteiger charge is 2.61. The molecule has 3 heterocycles. The van der Waals surface area contributed by atoms with Crippen molar-refractivity contribution in [2.24, 2.45) is 11.8 Å². The highest BCUT2D eigenvalue weighted by Crippen LogP contribution is 2.48. The van der Waals surface area contributed by atoms with Crippen molar-refractivity contribution in [2.45, 2.75) is 30.3 Å². The fraction of sp³-hybridized carbons (Fsp3) is 0.533. The number of aliphatic hydroxyl groups excluding tert-OH is 1. The minimum absolute atomic E-state index is 0.0458. The van der Waals surface area contributed by atoms with Crippen LogP contribution < -0.4 is 0 Å². The molecule has 4 atom stereocenters. The van der Waals surface area contributed by atoms with E-state index in [1.54, 1.807) is 5.51 Å². The molecule has 2 N–H and O–H groups in total. The van der Waals surface area contributed by atoms with Crippen molar-refractivity contribution in [3.8, 4) is 0 Å². The number of aliphatic hydroxyl groups is 1. The Morgan fingerprint density at radius 2 is 2.23 bits per heavy atom. The van der Waals surface area contributed by atoms with Gasteiger partial charge in [0.25, 0.3) is 0 Å². The van der Waals surface area contributed by atoms with E-state index in [0.29, 0.717) is 9.91 Å². The summed E-state index contributed by atoms with van der Waals surface area (Å²) in [5.41, 5.74) is 1.98. The number of ether oxygens (including phenoxy) is 1. The summed E-state index contributed by atoms with van der Waals surface area (Å²) in [6, 6.07) is -0.530. The molecule has 3 rings (SSSR count). The summed E-state index contributed by atoms with van der Waals surface area (Å²) in [5, 5.41) is 27.2. The summed E-state index contributed by atoms with van der Waals surface area (Å²) in [6.45, 7) is 2.72. The van der Waals surface area contributed by atoms with Crippen molar-refractivity contribution in [1.82, 2.24) is 15.1 Å². The second-order valence-electron chi connectivity index (χ2n) is 6.05. The number of carbonyl (C=O) groups is 3. The number of aromatic nitrogens is 2. The number of hydrogen-bond donors (Lipinski definition) is 2. The maximum Gasteiger partial charge on any atom is 0.352 e. The minimum Gasteiger partial charge on any atom is -0.477 e. The standard InChI is InChI=1S/C15H17N3O6S2/c1-6(19)10-11-8(3-24-7(2)20)9(4-25-15-17-16-5-26-15)12(14(22)23)18(11)13(10)21/h5-6,8,10-11,19H,3-4H2,1-2H3,(H,22,23)/t6-,8-,10-,11+/m1/s1. The number of carbonyl (C=O) groups excluding carboxylic acids is 2. The summed E-state index contributed by atoms with van der Waals surface area (Å²) < 4.78 is 5.78. The van der Waals surface area contributed by atoms with Crippen molar-refractivity contribution in [2.75, 3.05) is 12.4 Å². The van der Waals surface area contributed by atoms with Crippen LogP contribution in [0.25, 0.3) is 0 Å². The van der Waals surface area contributed by atoms with E-state index < -0.39 is 41.8 Å². The van der Waals surface area contributed by atoms with E-state index in [4.69, 9.17) is 4.74 Å². The number of nitrogens with zero attached hydrogens (tertiary/aromatic N) is 3. The number of aliphatic carboxylic acids is 1. The van der Waals surface area contributed by atoms with Gasteiger partial charge < -0.3 is 19.8 Å². The molecule has 11 heteroatoms. The number of carboxylic acid groups (broad SMARTS) is 1. The summed E-state index contributed by atoms with van der Waals surface area (Å²) >= 11 is 2.63. The van der Waals surface area contributed by atoms with Crippen molar-refractivity contribution in [3.05, 3.63) is 16.8 Å². The smallest absolute Gasteiger partial charge is 0.352 e. The van der Waals surface area contributed by atoms with Gasteiger partial charge in [0.15, 0.2) is 4.34 Å². The van der Waals surface area contributed by atoms with E-state index in [1.165, 1.54) is 41.8 Å². The van der Waals surface area contributed by atoms with Gasteiger partial charge in [-0.05, 0) is 12.5 Å². The molecule has 1 fully saturated rings. The average Bonchev–Trinajstić information content (AvgIpc) is 3.14. The van der Waals surface area contributed by atoms with Gasteiger partial charge in [-0.25, -0.2) is 4.79 Å². The molecular formula is C15H17N3O6S2. The average molecular weight is 399 g/mol. The molecule has 0 spiro atoms. The molecule has 1 amide bonds. The van der Waals surface area contributed by atoms with E-state index in [2.05, 4.69) is 10.2 Å². The first-order valence-corrected chi connectivity index (χ1v) is 9.69. The molecule has 2 aliphatic heterocycles. The molecule has 0 radical (unpaired) electrons. The molecule has 1 aromatic heterocycles. The fourth-order valence-electron chi connectivity index (χ4n) is 3.44. The molecule has 0 bridgehead atoms. The number of hydrogen-bond acceptors (Lipinski definition) is 9. The van der Waals surface area contributed by atoms with Crippen LogP contribution in [0.3, 0.4) is 0 Å². The Kier molecular flexibility index (Phi) is 5.30. The number of amides is 1. The lowest BCUT2D eigenvalue weighted by Crippen LogP contribution is -2.64. The lowest BCUT2D eigenvalue weighted by atomic mass is 9.77. The molecule has 2 aliphatic rings. The van der Waals surface area contributed by atoms with E-state index in [1.807, 2.05) is 0 Å². The molecule has 1 aromatic rings. The van der Waals surface area contributed by atoms with Crippen LogP contribution in [0.15, 0.2) is 21.1 Å². The molecular weight excluding hydrogens is 382 g/mol. The Morgan fingerprint density at radius 3 is 2.77 bits per heavy atom. The molecule has 0 unspecified atom stereocenters. The second kappa shape index (κ2) is 7.33. The van der Waals surface area contributed by atoms with Crippen LogP contribution in [0.5, 0.6) is 0 Å². The van der Waals surface area contributed by atoms with Crippen molar-refractivity contribution < 1.29 is 29.3 Å². The highest BCUT2D eigenvalue weighted by molar-refractivity contribution is 8.01. The van der Waals surface area contributed by atoms with Gasteiger partial charge in [-0.3, -0.25) is 9.59 Å². The van der Waals surface area contributed by atoms with Crippen LogP contribution in [0.1, 0.15) is 13.8 Å². The summed E-state index contributed by atoms with van der Waals surface area (Å²) in [5.74, 6) is -3.06. The molecule has 0 saturated carbocycles. The van der Waals surface area contributed by atoms with Gasteiger partial charge in [-0.1, -0.05) is 23.1 Å². The summed E-state index contributed by atoms with van der Waals surface area (Å²) in [4.78, 5) is 36.7. The number of rotatable bonds is 7. The lowest BCUT2D eigenvalue weighted by molar-refractivity contribution is -0.165. The predicted molar refractivity (Wildman–Crippen MR) is 91.2 cm³/mol. The molecule has 0 aliphatic carbocycles. The minimum atomic E-state index is -1.22. The Bertz CT molecular complexity index is 763. The maximum atomic E-state index is 12.4. The first-order valence-electron chi connectivity index (χ1n) is 7.82. The molecule has 0 aromatic carbocycles. The Balaban J connectivity index is 1.92. The molecule has 9 nitrogen and oxygen atoms in total. The first kappa shape index (κ1) is 18.8. The van der Waals surface area contributed by atoms with Crippen molar-refractivity contribution in [1.29, 1.82) is 0 Å². The molecule has 26 heavy (non-hydrogen) atoms. The zero-order valence-corrected chi connectivity index (χ0v) is 15.6. The summed E-state index contributed by atoms with van der Waals surface area (Å²) in [7, 11) is 0. The normalized spacial score (nSPS) is 25.7. The van der Waals surface area contributed by atoms with Crippen LogP contribution in [0.4, 0.5) is 0 Å². The first-order chi connectivity index (χ1) is 12.3. The lowest BCUT2D eigenvalue weighted by Gasteiger charge is -2.46. The van der Waals surface area contributed by atoms with Crippen molar-refractivity contribution in [3.63, 3.8) is 0 Å². The highest BCUT2D eigenvalue weighted by atomic mass is 32.2. The van der Waals surface area contributed by atoms with Gasteiger partial charge in [-0.15, -0.1) is 10.2 Å². The van der Waals surface area contributed by atoms with E-state index in [-0.39, 0.29) is 18.1 Å². The SMILES string of the molecule is CC(=O)OC[C@@H]1C(CSc2nncs2)=C(C(=O)O)N2C(=O)[C@H]([C@@H](C)O)[C@H]12. The molecule has 1 saturated heterocycles. The monoisotopic (exact) mass is 399 g/mol. The fourth-order valence-corrected chi connectivity index (χ4v) is 5.03. The third-order valence-corrected chi connectivity index (χ3v) is 6.38. The maximum absolute atomic E-state index is 12.4. The van der Waals surface area contributed by atoms with E-state index >= 15 is 0 Å². The quantitative estimate of drug-likeness (QED) is 0.379. The van der Waals surface area contributed by atoms with Gasteiger partial charge in [0, 0.05) is 18.6 Å². The van der Waals surface area contributed by atoms with Crippen LogP contribution >= 0.6 is 23.1 Å². The third kappa shape index (κ3) is 3.21. The van der Waals surface area contributed by atoms with Gasteiger partial charge in [0.05, 0.1) is 24.7 Å². The zero-order chi connectivity index (χ0) is 19.0. The Morgan fingerprint density at radius 1 is 1.50 bits per heavy atom. The van der Waals surface area contributed by atoms with Gasteiger partial charge in [0.1, 0.15) is 11.2 Å².